The van der Waals surface area contributed by atoms with Gasteiger partial charge in [0.1, 0.15) is 5.75 Å². The molecule has 0 spiro atoms. The van der Waals surface area contributed by atoms with Crippen LogP contribution in [-0.4, -0.2) is 23.2 Å². The molecule has 2 N–H and O–H groups in total. The van der Waals surface area contributed by atoms with Gasteiger partial charge in [0, 0.05) is 29.1 Å². The molecule has 0 bridgehead atoms. The third-order valence-corrected chi connectivity index (χ3v) is 4.54. The monoisotopic (exact) mass is 369 g/mol. The van der Waals surface area contributed by atoms with Gasteiger partial charge in [0.05, 0.1) is 7.11 Å². The third kappa shape index (κ3) is 3.11. The standard InChI is InChI=1S/C19H16ClN3O3/c1-25-17-7-11(14-9-18(24)22-19-15(14)10-21-23-19)5-6-16(17)26-13-4-2-3-12(20)8-13/h2-8,10,14H,9H2,1H3,(H2,21,22,23,24). The summed E-state index contributed by atoms with van der Waals surface area (Å²) in [6.07, 6.45) is 2.16. The molecule has 6 nitrogen and oxygen atoms in total. The van der Waals surface area contributed by atoms with E-state index in [2.05, 4.69) is 15.5 Å². The maximum absolute atomic E-state index is 12.0. The number of H-pyrrole nitrogens is 1. The number of carbonyl (C=O) groups excluding carboxylic acids is 1. The number of hydrogen-bond acceptors (Lipinski definition) is 4. The minimum absolute atomic E-state index is 0.0622. The van der Waals surface area contributed by atoms with Crippen LogP contribution in [0.15, 0.2) is 48.7 Å². The molecule has 1 aliphatic rings. The highest BCUT2D eigenvalue weighted by molar-refractivity contribution is 6.30. The molecule has 0 aliphatic carbocycles. The van der Waals surface area contributed by atoms with E-state index in [9.17, 15) is 4.79 Å². The van der Waals surface area contributed by atoms with Crippen LogP contribution >= 0.6 is 11.6 Å². The summed E-state index contributed by atoms with van der Waals surface area (Å²) in [5, 5.41) is 10.3. The van der Waals surface area contributed by atoms with Gasteiger partial charge < -0.3 is 14.8 Å². The van der Waals surface area contributed by atoms with Crippen molar-refractivity contribution in [3.05, 3.63) is 64.8 Å². The Hall–Kier alpha value is -2.99. The van der Waals surface area contributed by atoms with Crippen molar-refractivity contribution in [1.29, 1.82) is 0 Å². The largest absolute Gasteiger partial charge is 0.493 e. The Balaban J connectivity index is 1.67. The Morgan fingerprint density at radius 1 is 1.19 bits per heavy atom. The molecule has 132 valence electrons. The highest BCUT2D eigenvalue weighted by atomic mass is 35.5. The van der Waals surface area contributed by atoms with Crippen molar-refractivity contribution >= 4 is 23.3 Å². The van der Waals surface area contributed by atoms with E-state index in [1.165, 1.54) is 0 Å². The van der Waals surface area contributed by atoms with Gasteiger partial charge in [0.2, 0.25) is 5.91 Å². The smallest absolute Gasteiger partial charge is 0.226 e. The van der Waals surface area contributed by atoms with Crippen molar-refractivity contribution in [2.75, 3.05) is 12.4 Å². The number of nitrogens with one attached hydrogen (secondary N) is 2. The van der Waals surface area contributed by atoms with E-state index in [0.717, 1.165) is 11.1 Å². The molecule has 7 heteroatoms. The van der Waals surface area contributed by atoms with E-state index < -0.39 is 0 Å². The van der Waals surface area contributed by atoms with Crippen LogP contribution in [0.3, 0.4) is 0 Å². The van der Waals surface area contributed by atoms with Crippen LogP contribution in [0.2, 0.25) is 5.02 Å². The van der Waals surface area contributed by atoms with Gasteiger partial charge in [-0.3, -0.25) is 9.89 Å². The van der Waals surface area contributed by atoms with Crippen molar-refractivity contribution in [3.63, 3.8) is 0 Å². The van der Waals surface area contributed by atoms with E-state index in [-0.39, 0.29) is 11.8 Å². The van der Waals surface area contributed by atoms with E-state index >= 15 is 0 Å². The number of aromatic amines is 1. The molecular weight excluding hydrogens is 354 g/mol. The number of methoxy groups -OCH3 is 1. The predicted molar refractivity (Wildman–Crippen MR) is 98.2 cm³/mol. The SMILES string of the molecule is COc1cc(C2CC(=O)Nc3n[nH]cc32)ccc1Oc1cccc(Cl)c1. The Morgan fingerprint density at radius 2 is 2.08 bits per heavy atom. The van der Waals surface area contributed by atoms with Crippen LogP contribution in [0.4, 0.5) is 5.82 Å². The number of nitrogens with zero attached hydrogens (tertiary/aromatic N) is 1. The maximum Gasteiger partial charge on any atom is 0.226 e. The lowest BCUT2D eigenvalue weighted by Gasteiger charge is -2.22. The molecular formula is C19H16ClN3O3. The van der Waals surface area contributed by atoms with Gasteiger partial charge in [0.15, 0.2) is 17.3 Å². The second-order valence-electron chi connectivity index (χ2n) is 5.96. The van der Waals surface area contributed by atoms with Crippen LogP contribution in [0.25, 0.3) is 0 Å². The lowest BCUT2D eigenvalue weighted by atomic mass is 9.87. The fourth-order valence-corrected chi connectivity index (χ4v) is 3.26. The lowest BCUT2D eigenvalue weighted by molar-refractivity contribution is -0.116. The zero-order valence-corrected chi connectivity index (χ0v) is 14.7. The second-order valence-corrected chi connectivity index (χ2v) is 6.40. The molecule has 0 saturated heterocycles. The van der Waals surface area contributed by atoms with Gasteiger partial charge in [-0.2, -0.15) is 5.10 Å². The number of anilines is 1. The highest BCUT2D eigenvalue weighted by Crippen LogP contribution is 2.40. The quantitative estimate of drug-likeness (QED) is 0.717. The Kier molecular flexibility index (Phi) is 4.26. The van der Waals surface area contributed by atoms with Crippen LogP contribution < -0.4 is 14.8 Å². The minimum atomic E-state index is -0.0911. The molecule has 4 rings (SSSR count). The van der Waals surface area contributed by atoms with Gasteiger partial charge in [0.25, 0.3) is 0 Å². The molecule has 3 aromatic rings. The number of carbonyl (C=O) groups is 1. The topological polar surface area (TPSA) is 76.2 Å². The molecule has 1 aromatic heterocycles. The number of halogens is 1. The summed E-state index contributed by atoms with van der Waals surface area (Å²) in [6.45, 7) is 0. The summed E-state index contributed by atoms with van der Waals surface area (Å²) in [7, 11) is 1.58. The molecule has 1 atom stereocenters. The molecule has 2 aromatic carbocycles. The van der Waals surface area contributed by atoms with Gasteiger partial charge in [-0.05, 0) is 35.9 Å². The number of fused-ring (bicyclic) bond motifs is 1. The van der Waals surface area contributed by atoms with Crippen LogP contribution in [0.1, 0.15) is 23.5 Å². The molecule has 0 saturated carbocycles. The van der Waals surface area contributed by atoms with E-state index in [1.807, 2.05) is 36.5 Å². The zero-order chi connectivity index (χ0) is 18.1. The maximum atomic E-state index is 12.0. The second kappa shape index (κ2) is 6.72. The average molecular weight is 370 g/mol. The van der Waals surface area contributed by atoms with Crippen LogP contribution in [0, 0.1) is 0 Å². The van der Waals surface area contributed by atoms with Crippen LogP contribution in [0.5, 0.6) is 17.2 Å². The number of ether oxygens (including phenoxy) is 2. The zero-order valence-electron chi connectivity index (χ0n) is 14.0. The summed E-state index contributed by atoms with van der Waals surface area (Å²) in [4.78, 5) is 12.0. The van der Waals surface area contributed by atoms with Crippen LogP contribution in [-0.2, 0) is 4.79 Å². The summed E-state index contributed by atoms with van der Waals surface area (Å²) >= 11 is 6.00. The van der Waals surface area contributed by atoms with Crippen molar-refractivity contribution in [2.24, 2.45) is 0 Å². The first-order valence-electron chi connectivity index (χ1n) is 8.09. The molecule has 1 aliphatic heterocycles. The van der Waals surface area contributed by atoms with Gasteiger partial charge in [-0.15, -0.1) is 0 Å². The van der Waals surface area contributed by atoms with E-state index in [1.54, 1.807) is 19.2 Å². The summed E-state index contributed by atoms with van der Waals surface area (Å²) in [5.41, 5.74) is 1.91. The minimum Gasteiger partial charge on any atom is -0.493 e. The normalized spacial score (nSPS) is 15.9. The molecule has 1 unspecified atom stereocenters. The Morgan fingerprint density at radius 3 is 2.88 bits per heavy atom. The predicted octanol–water partition coefficient (Wildman–Crippen LogP) is 4.34. The van der Waals surface area contributed by atoms with Crippen molar-refractivity contribution in [1.82, 2.24) is 10.2 Å². The first-order valence-corrected chi connectivity index (χ1v) is 8.46. The summed E-state index contributed by atoms with van der Waals surface area (Å²) in [6, 6.07) is 12.8. The number of rotatable bonds is 4. The number of amides is 1. The first-order chi connectivity index (χ1) is 12.6. The fourth-order valence-electron chi connectivity index (χ4n) is 3.08. The van der Waals surface area contributed by atoms with Crippen molar-refractivity contribution in [2.45, 2.75) is 12.3 Å². The molecule has 0 fully saturated rings. The summed E-state index contributed by atoms with van der Waals surface area (Å²) in [5.74, 6) is 2.20. The van der Waals surface area contributed by atoms with E-state index in [0.29, 0.717) is 34.5 Å². The third-order valence-electron chi connectivity index (χ3n) is 4.31. The van der Waals surface area contributed by atoms with Gasteiger partial charge >= 0.3 is 0 Å². The Labute approximate surface area is 155 Å². The van der Waals surface area contributed by atoms with Crippen molar-refractivity contribution in [3.8, 4) is 17.2 Å². The average Bonchev–Trinajstić information content (AvgIpc) is 3.09. The van der Waals surface area contributed by atoms with Gasteiger partial charge in [-0.25, -0.2) is 0 Å². The van der Waals surface area contributed by atoms with Gasteiger partial charge in [-0.1, -0.05) is 23.7 Å². The Bertz CT molecular complexity index is 970. The molecule has 26 heavy (non-hydrogen) atoms. The lowest BCUT2D eigenvalue weighted by Crippen LogP contribution is -2.22. The number of benzene rings is 2. The number of hydrogen-bond donors (Lipinski definition) is 2. The molecule has 1 amide bonds. The number of aromatic nitrogens is 2. The molecule has 0 radical (unpaired) electrons. The molecule has 2 heterocycles. The van der Waals surface area contributed by atoms with E-state index in [4.69, 9.17) is 21.1 Å². The first kappa shape index (κ1) is 16.5. The highest BCUT2D eigenvalue weighted by Gasteiger charge is 2.29. The summed E-state index contributed by atoms with van der Waals surface area (Å²) < 4.78 is 11.4. The fraction of sp³-hybridized carbons (Fsp3) is 0.158. The van der Waals surface area contributed by atoms with Crippen molar-refractivity contribution < 1.29 is 14.3 Å².